The van der Waals surface area contributed by atoms with E-state index in [2.05, 4.69) is 24.1 Å². The second-order valence-corrected chi connectivity index (χ2v) is 5.56. The van der Waals surface area contributed by atoms with Crippen LogP contribution in [0.2, 0.25) is 5.02 Å². The molecule has 1 aliphatic rings. The Kier molecular flexibility index (Phi) is 3.61. The number of phenolic OH excluding ortho intramolecular Hbond substituents is 1. The number of rotatable bonds is 2. The summed E-state index contributed by atoms with van der Waals surface area (Å²) in [4.78, 5) is 2.35. The zero-order chi connectivity index (χ0) is 12.5. The second-order valence-electron chi connectivity index (χ2n) is 5.15. The number of nitrogens with zero attached hydrogens (tertiary/aromatic N) is 1. The summed E-state index contributed by atoms with van der Waals surface area (Å²) in [6.07, 6.45) is 0. The maximum Gasteiger partial charge on any atom is 0.121 e. The molecule has 1 saturated heterocycles. The summed E-state index contributed by atoms with van der Waals surface area (Å²) in [5.41, 5.74) is 0.910. The van der Waals surface area contributed by atoms with Crippen molar-refractivity contribution in [1.82, 2.24) is 10.2 Å². The number of nitrogens with one attached hydrogen (secondary N) is 1. The van der Waals surface area contributed by atoms with E-state index in [-0.39, 0.29) is 11.3 Å². The fraction of sp³-hybridized carbons (Fsp3) is 0.538. The van der Waals surface area contributed by atoms with Crippen molar-refractivity contribution >= 4 is 11.6 Å². The monoisotopic (exact) mass is 254 g/mol. The standard InChI is InChI=1S/C13H19ClN2O/c1-13(2)9-15-6-7-16(13)8-10-11(14)4-3-5-12(10)17/h3-5,15,17H,6-9H2,1-2H3. The molecule has 1 heterocycles. The first-order valence-corrected chi connectivity index (χ1v) is 6.30. The van der Waals surface area contributed by atoms with Crippen molar-refractivity contribution in [2.24, 2.45) is 0 Å². The number of piperazine rings is 1. The highest BCUT2D eigenvalue weighted by atomic mass is 35.5. The van der Waals surface area contributed by atoms with Gasteiger partial charge in [0.1, 0.15) is 5.75 Å². The molecule has 94 valence electrons. The molecule has 1 aliphatic heterocycles. The van der Waals surface area contributed by atoms with E-state index in [4.69, 9.17) is 11.6 Å². The minimum Gasteiger partial charge on any atom is -0.508 e. The lowest BCUT2D eigenvalue weighted by molar-refractivity contribution is 0.0820. The molecule has 0 amide bonds. The Labute approximate surface area is 107 Å². The Morgan fingerprint density at radius 2 is 2.24 bits per heavy atom. The van der Waals surface area contributed by atoms with Gasteiger partial charge in [0.25, 0.3) is 0 Å². The maximum atomic E-state index is 9.87. The average molecular weight is 255 g/mol. The topological polar surface area (TPSA) is 35.5 Å². The summed E-state index contributed by atoms with van der Waals surface area (Å²) in [7, 11) is 0. The molecule has 17 heavy (non-hydrogen) atoms. The summed E-state index contributed by atoms with van der Waals surface area (Å²) >= 11 is 6.14. The van der Waals surface area contributed by atoms with Crippen molar-refractivity contribution in [3.05, 3.63) is 28.8 Å². The van der Waals surface area contributed by atoms with E-state index >= 15 is 0 Å². The van der Waals surface area contributed by atoms with Gasteiger partial charge in [0, 0.05) is 42.3 Å². The van der Waals surface area contributed by atoms with Gasteiger partial charge in [0.15, 0.2) is 0 Å². The molecule has 1 aromatic carbocycles. The van der Waals surface area contributed by atoms with Crippen LogP contribution in [0.15, 0.2) is 18.2 Å². The Bertz CT molecular complexity index is 386. The summed E-state index contributed by atoms with van der Waals surface area (Å²) in [6.45, 7) is 8.00. The van der Waals surface area contributed by atoms with E-state index < -0.39 is 0 Å². The van der Waals surface area contributed by atoms with Crippen molar-refractivity contribution in [2.45, 2.75) is 25.9 Å². The van der Waals surface area contributed by atoms with E-state index in [0.29, 0.717) is 11.6 Å². The van der Waals surface area contributed by atoms with Crippen LogP contribution >= 0.6 is 11.6 Å². The predicted octanol–water partition coefficient (Wildman–Crippen LogP) is 2.23. The fourth-order valence-electron chi connectivity index (χ4n) is 2.21. The smallest absolute Gasteiger partial charge is 0.121 e. The molecular formula is C13H19ClN2O. The van der Waals surface area contributed by atoms with Gasteiger partial charge in [-0.15, -0.1) is 0 Å². The lowest BCUT2D eigenvalue weighted by Crippen LogP contribution is -2.57. The van der Waals surface area contributed by atoms with Gasteiger partial charge in [-0.1, -0.05) is 17.7 Å². The highest BCUT2D eigenvalue weighted by Crippen LogP contribution is 2.29. The first-order chi connectivity index (χ1) is 8.00. The average Bonchev–Trinajstić information content (AvgIpc) is 2.25. The van der Waals surface area contributed by atoms with Crippen LogP contribution in [0.3, 0.4) is 0 Å². The van der Waals surface area contributed by atoms with Crippen molar-refractivity contribution in [2.75, 3.05) is 19.6 Å². The normalized spacial score (nSPS) is 20.4. The van der Waals surface area contributed by atoms with Crippen LogP contribution in [0.5, 0.6) is 5.75 Å². The summed E-state index contributed by atoms with van der Waals surface area (Å²) in [6, 6.07) is 5.28. The van der Waals surface area contributed by atoms with Gasteiger partial charge in [-0.25, -0.2) is 0 Å². The zero-order valence-electron chi connectivity index (χ0n) is 10.3. The third kappa shape index (κ3) is 2.73. The highest BCUT2D eigenvalue weighted by molar-refractivity contribution is 6.31. The molecule has 1 fully saturated rings. The van der Waals surface area contributed by atoms with Crippen molar-refractivity contribution < 1.29 is 5.11 Å². The molecule has 2 N–H and O–H groups in total. The molecule has 0 bridgehead atoms. The fourth-order valence-corrected chi connectivity index (χ4v) is 2.44. The summed E-state index contributed by atoms with van der Waals surface area (Å²) in [5.74, 6) is 0.284. The summed E-state index contributed by atoms with van der Waals surface area (Å²) < 4.78 is 0. The molecule has 0 radical (unpaired) electrons. The largest absolute Gasteiger partial charge is 0.508 e. The van der Waals surface area contributed by atoms with Gasteiger partial charge < -0.3 is 10.4 Å². The third-order valence-corrected chi connectivity index (χ3v) is 3.77. The van der Waals surface area contributed by atoms with Crippen molar-refractivity contribution in [3.8, 4) is 5.75 Å². The number of halogens is 1. The lowest BCUT2D eigenvalue weighted by atomic mass is 9.99. The molecule has 0 saturated carbocycles. The van der Waals surface area contributed by atoms with Crippen LogP contribution in [0.4, 0.5) is 0 Å². The SMILES string of the molecule is CC1(C)CNCCN1Cc1c(O)cccc1Cl. The third-order valence-electron chi connectivity index (χ3n) is 3.42. The Balaban J connectivity index is 2.20. The Hall–Kier alpha value is -0.770. The van der Waals surface area contributed by atoms with Gasteiger partial charge >= 0.3 is 0 Å². The quantitative estimate of drug-likeness (QED) is 0.850. The number of hydrogen-bond acceptors (Lipinski definition) is 3. The molecule has 0 unspecified atom stereocenters. The maximum absolute atomic E-state index is 9.87. The molecule has 3 nitrogen and oxygen atoms in total. The molecule has 0 aliphatic carbocycles. The van der Waals surface area contributed by atoms with Crippen LogP contribution in [-0.2, 0) is 6.54 Å². The molecule has 0 spiro atoms. The molecule has 4 heteroatoms. The van der Waals surface area contributed by atoms with E-state index in [0.717, 1.165) is 25.2 Å². The van der Waals surface area contributed by atoms with E-state index in [1.54, 1.807) is 12.1 Å². The van der Waals surface area contributed by atoms with Gasteiger partial charge in [-0.2, -0.15) is 0 Å². The van der Waals surface area contributed by atoms with Crippen LogP contribution < -0.4 is 5.32 Å². The first kappa shape index (κ1) is 12.7. The minimum absolute atomic E-state index is 0.0872. The van der Waals surface area contributed by atoms with Crippen molar-refractivity contribution in [1.29, 1.82) is 0 Å². The van der Waals surface area contributed by atoms with Crippen molar-refractivity contribution in [3.63, 3.8) is 0 Å². The molecular weight excluding hydrogens is 236 g/mol. The van der Waals surface area contributed by atoms with E-state index in [1.165, 1.54) is 0 Å². The minimum atomic E-state index is 0.0872. The second kappa shape index (κ2) is 4.84. The number of aromatic hydroxyl groups is 1. The van der Waals surface area contributed by atoms with E-state index in [9.17, 15) is 5.11 Å². The first-order valence-electron chi connectivity index (χ1n) is 5.93. The van der Waals surface area contributed by atoms with E-state index in [1.807, 2.05) is 6.07 Å². The number of phenols is 1. The Morgan fingerprint density at radius 3 is 2.88 bits per heavy atom. The molecule has 0 aromatic heterocycles. The van der Waals surface area contributed by atoms with Gasteiger partial charge in [-0.05, 0) is 26.0 Å². The van der Waals surface area contributed by atoms with Crippen LogP contribution in [0.25, 0.3) is 0 Å². The van der Waals surface area contributed by atoms with Gasteiger partial charge in [0.05, 0.1) is 0 Å². The predicted molar refractivity (Wildman–Crippen MR) is 70.5 cm³/mol. The molecule has 0 atom stereocenters. The zero-order valence-corrected chi connectivity index (χ0v) is 11.1. The molecule has 2 rings (SSSR count). The van der Waals surface area contributed by atoms with Crippen LogP contribution in [-0.4, -0.2) is 35.2 Å². The number of benzene rings is 1. The Morgan fingerprint density at radius 1 is 1.47 bits per heavy atom. The lowest BCUT2D eigenvalue weighted by Gasteiger charge is -2.43. The van der Waals surface area contributed by atoms with Gasteiger partial charge in [0.2, 0.25) is 0 Å². The van der Waals surface area contributed by atoms with Gasteiger partial charge in [-0.3, -0.25) is 4.90 Å². The highest BCUT2D eigenvalue weighted by Gasteiger charge is 2.30. The molecule has 1 aromatic rings. The van der Waals surface area contributed by atoms with Crippen LogP contribution in [0.1, 0.15) is 19.4 Å². The number of hydrogen-bond donors (Lipinski definition) is 2. The van der Waals surface area contributed by atoms with Crippen LogP contribution in [0, 0.1) is 0 Å². The summed E-state index contributed by atoms with van der Waals surface area (Å²) in [5, 5.41) is 13.9.